The van der Waals surface area contributed by atoms with Crippen LogP contribution < -0.4 is 5.32 Å². The van der Waals surface area contributed by atoms with Crippen molar-refractivity contribution in [1.29, 1.82) is 0 Å². The molecular formula is C19H16N4O3. The van der Waals surface area contributed by atoms with Crippen LogP contribution in [0, 0.1) is 0 Å². The number of phenols is 1. The lowest BCUT2D eigenvalue weighted by Crippen LogP contribution is -2.26. The Bertz CT molecular complexity index is 1050. The summed E-state index contributed by atoms with van der Waals surface area (Å²) in [5, 5.41) is 12.4. The molecule has 0 spiro atoms. The third-order valence-corrected chi connectivity index (χ3v) is 4.04. The molecule has 0 atom stereocenters. The molecule has 0 unspecified atom stereocenters. The molecule has 0 radical (unpaired) electrons. The topological polar surface area (TPSA) is 104 Å². The van der Waals surface area contributed by atoms with E-state index in [9.17, 15) is 9.90 Å². The number of carbonyl (C=O) groups is 1. The van der Waals surface area contributed by atoms with Crippen molar-refractivity contribution in [2.75, 3.05) is 6.54 Å². The molecule has 0 bridgehead atoms. The second kappa shape index (κ2) is 6.72. The fourth-order valence-corrected chi connectivity index (χ4v) is 2.76. The smallest absolute Gasteiger partial charge is 0.253 e. The van der Waals surface area contributed by atoms with Gasteiger partial charge in [-0.1, -0.05) is 12.1 Å². The lowest BCUT2D eigenvalue weighted by Gasteiger charge is -2.06. The molecule has 0 aliphatic carbocycles. The first kappa shape index (κ1) is 15.9. The number of aromatic hydroxyl groups is 1. The molecule has 1 aromatic carbocycles. The maximum Gasteiger partial charge on any atom is 0.253 e. The Labute approximate surface area is 148 Å². The Morgan fingerprint density at radius 2 is 2.19 bits per heavy atom. The van der Waals surface area contributed by atoms with Gasteiger partial charge in [0.1, 0.15) is 17.8 Å². The Kier molecular flexibility index (Phi) is 4.10. The number of nitrogens with zero attached hydrogens (tertiary/aromatic N) is 2. The molecule has 1 amide bonds. The summed E-state index contributed by atoms with van der Waals surface area (Å²) in [6.45, 7) is 0.453. The molecule has 7 heteroatoms. The number of fused-ring (bicyclic) bond motifs is 1. The van der Waals surface area contributed by atoms with Gasteiger partial charge in [-0.25, -0.2) is 9.97 Å². The highest BCUT2D eigenvalue weighted by Gasteiger charge is 2.15. The van der Waals surface area contributed by atoms with Crippen molar-refractivity contribution in [1.82, 2.24) is 20.3 Å². The predicted molar refractivity (Wildman–Crippen MR) is 95.7 cm³/mol. The highest BCUT2D eigenvalue weighted by molar-refractivity contribution is 6.04. The number of carbonyl (C=O) groups excluding carboxylic acids is 1. The van der Waals surface area contributed by atoms with E-state index < -0.39 is 0 Å². The minimum Gasteiger partial charge on any atom is -0.508 e. The molecule has 0 saturated heterocycles. The minimum absolute atomic E-state index is 0.208. The molecule has 3 aromatic heterocycles. The summed E-state index contributed by atoms with van der Waals surface area (Å²) in [5.41, 5.74) is 3.28. The summed E-state index contributed by atoms with van der Waals surface area (Å²) in [5.74, 6) is 0.607. The van der Waals surface area contributed by atoms with Crippen LogP contribution in [0.4, 0.5) is 0 Å². The number of aromatic nitrogens is 3. The van der Waals surface area contributed by atoms with E-state index in [2.05, 4.69) is 20.3 Å². The van der Waals surface area contributed by atoms with Crippen LogP contribution in [0.1, 0.15) is 15.9 Å². The highest BCUT2D eigenvalue weighted by atomic mass is 16.3. The highest BCUT2D eigenvalue weighted by Crippen LogP contribution is 2.21. The molecule has 26 heavy (non-hydrogen) atoms. The van der Waals surface area contributed by atoms with Crippen molar-refractivity contribution in [2.45, 2.75) is 6.42 Å². The van der Waals surface area contributed by atoms with Crippen LogP contribution in [0.2, 0.25) is 0 Å². The number of furan rings is 1. The minimum atomic E-state index is -0.208. The second-order valence-corrected chi connectivity index (χ2v) is 5.83. The number of rotatable bonds is 5. The van der Waals surface area contributed by atoms with Crippen LogP contribution in [-0.2, 0) is 6.42 Å². The Hall–Kier alpha value is -3.61. The number of aromatic amines is 1. The predicted octanol–water partition coefficient (Wildman–Crippen LogP) is 2.90. The van der Waals surface area contributed by atoms with Gasteiger partial charge in [-0.05, 0) is 36.2 Å². The summed E-state index contributed by atoms with van der Waals surface area (Å²) in [6.07, 6.45) is 5.32. The molecular weight excluding hydrogens is 332 g/mol. The van der Waals surface area contributed by atoms with Crippen LogP contribution >= 0.6 is 0 Å². The zero-order valence-corrected chi connectivity index (χ0v) is 13.8. The van der Waals surface area contributed by atoms with Crippen molar-refractivity contribution in [3.8, 4) is 17.1 Å². The third-order valence-electron chi connectivity index (χ3n) is 4.04. The molecule has 7 nitrogen and oxygen atoms in total. The van der Waals surface area contributed by atoms with Crippen molar-refractivity contribution in [2.24, 2.45) is 0 Å². The van der Waals surface area contributed by atoms with Crippen molar-refractivity contribution in [3.63, 3.8) is 0 Å². The van der Waals surface area contributed by atoms with E-state index >= 15 is 0 Å². The number of amides is 1. The lowest BCUT2D eigenvalue weighted by atomic mass is 10.1. The number of hydrogen-bond acceptors (Lipinski definition) is 5. The van der Waals surface area contributed by atoms with Crippen LogP contribution in [0.25, 0.3) is 22.6 Å². The molecule has 0 aliphatic heterocycles. The van der Waals surface area contributed by atoms with Crippen molar-refractivity contribution >= 4 is 17.1 Å². The van der Waals surface area contributed by atoms with Gasteiger partial charge in [0.15, 0.2) is 5.65 Å². The number of pyridine rings is 1. The van der Waals surface area contributed by atoms with E-state index in [1.807, 2.05) is 6.07 Å². The maximum atomic E-state index is 12.6. The van der Waals surface area contributed by atoms with Gasteiger partial charge in [0.05, 0.1) is 22.9 Å². The Morgan fingerprint density at radius 1 is 1.27 bits per heavy atom. The number of H-pyrrole nitrogens is 1. The quantitative estimate of drug-likeness (QED) is 0.514. The molecule has 0 aliphatic rings. The zero-order chi connectivity index (χ0) is 17.9. The van der Waals surface area contributed by atoms with Gasteiger partial charge < -0.3 is 19.8 Å². The average Bonchev–Trinajstić information content (AvgIpc) is 3.30. The van der Waals surface area contributed by atoms with E-state index in [1.54, 1.807) is 49.1 Å². The van der Waals surface area contributed by atoms with Gasteiger partial charge in [0, 0.05) is 12.7 Å². The van der Waals surface area contributed by atoms with Gasteiger partial charge >= 0.3 is 0 Å². The van der Waals surface area contributed by atoms with Crippen LogP contribution in [-0.4, -0.2) is 32.5 Å². The SMILES string of the molecule is O=C(NCCc1cccc(O)c1)c1ccnc2nc(-c3ccoc3)[nH]c12. The first-order valence-corrected chi connectivity index (χ1v) is 8.14. The van der Waals surface area contributed by atoms with Gasteiger partial charge in [-0.3, -0.25) is 4.79 Å². The monoisotopic (exact) mass is 348 g/mol. The average molecular weight is 348 g/mol. The number of nitrogens with one attached hydrogen (secondary N) is 2. The molecule has 130 valence electrons. The molecule has 0 saturated carbocycles. The summed E-state index contributed by atoms with van der Waals surface area (Å²) < 4.78 is 5.07. The first-order valence-electron chi connectivity index (χ1n) is 8.14. The van der Waals surface area contributed by atoms with Gasteiger partial charge in [0.2, 0.25) is 0 Å². The van der Waals surface area contributed by atoms with E-state index in [0.717, 1.165) is 11.1 Å². The van der Waals surface area contributed by atoms with E-state index in [0.29, 0.717) is 35.5 Å². The largest absolute Gasteiger partial charge is 0.508 e. The van der Waals surface area contributed by atoms with Crippen molar-refractivity contribution < 1.29 is 14.3 Å². The fourth-order valence-electron chi connectivity index (χ4n) is 2.76. The normalized spacial score (nSPS) is 10.9. The molecule has 4 aromatic rings. The van der Waals surface area contributed by atoms with E-state index in [-0.39, 0.29) is 11.7 Å². The van der Waals surface area contributed by atoms with Gasteiger partial charge in [0.25, 0.3) is 5.91 Å². The Balaban J connectivity index is 1.51. The van der Waals surface area contributed by atoms with Crippen LogP contribution in [0.3, 0.4) is 0 Å². The number of hydrogen-bond donors (Lipinski definition) is 3. The summed E-state index contributed by atoms with van der Waals surface area (Å²) in [6, 6.07) is 10.4. The summed E-state index contributed by atoms with van der Waals surface area (Å²) >= 11 is 0. The van der Waals surface area contributed by atoms with Crippen LogP contribution in [0.15, 0.2) is 59.5 Å². The van der Waals surface area contributed by atoms with Gasteiger partial charge in [-0.2, -0.15) is 0 Å². The molecule has 4 rings (SSSR count). The zero-order valence-electron chi connectivity index (χ0n) is 13.8. The summed E-state index contributed by atoms with van der Waals surface area (Å²) in [7, 11) is 0. The summed E-state index contributed by atoms with van der Waals surface area (Å²) in [4.78, 5) is 24.3. The number of benzene rings is 1. The van der Waals surface area contributed by atoms with E-state index in [4.69, 9.17) is 4.42 Å². The maximum absolute atomic E-state index is 12.6. The number of phenolic OH excluding ortho intramolecular Hbond substituents is 1. The van der Waals surface area contributed by atoms with Crippen LogP contribution in [0.5, 0.6) is 5.75 Å². The second-order valence-electron chi connectivity index (χ2n) is 5.83. The Morgan fingerprint density at radius 3 is 3.00 bits per heavy atom. The fraction of sp³-hybridized carbons (Fsp3) is 0.105. The van der Waals surface area contributed by atoms with Crippen molar-refractivity contribution in [3.05, 3.63) is 66.2 Å². The lowest BCUT2D eigenvalue weighted by molar-refractivity contribution is 0.0955. The van der Waals surface area contributed by atoms with E-state index in [1.165, 1.54) is 0 Å². The molecule has 0 fully saturated rings. The molecule has 3 heterocycles. The van der Waals surface area contributed by atoms with Gasteiger partial charge in [-0.15, -0.1) is 0 Å². The standard InChI is InChI=1S/C19H16N4O3/c24-14-3-1-2-12(10-14)4-7-21-19(25)15-5-8-20-18-16(15)22-17(23-18)13-6-9-26-11-13/h1-3,5-6,8-11,24H,4,7H2,(H,21,25)(H,20,22,23). The number of imidazole rings is 1. The first-order chi connectivity index (χ1) is 12.7. The molecule has 3 N–H and O–H groups in total. The third kappa shape index (κ3) is 3.14.